The van der Waals surface area contributed by atoms with Crippen molar-refractivity contribution >= 4 is 23.4 Å². The van der Waals surface area contributed by atoms with E-state index in [1.807, 2.05) is 4.90 Å². The number of benzene rings is 1. The lowest BCUT2D eigenvalue weighted by atomic mass is 10.1. The predicted molar refractivity (Wildman–Crippen MR) is 98.7 cm³/mol. The molecule has 2 fully saturated rings. The van der Waals surface area contributed by atoms with Gasteiger partial charge in [-0.3, -0.25) is 19.3 Å². The van der Waals surface area contributed by atoms with Gasteiger partial charge in [0, 0.05) is 31.7 Å². The molecule has 0 aromatic heterocycles. The molecule has 4 rings (SSSR count). The Morgan fingerprint density at radius 2 is 1.70 bits per heavy atom. The zero-order valence-corrected chi connectivity index (χ0v) is 15.3. The topological polar surface area (TPSA) is 82.2 Å². The van der Waals surface area contributed by atoms with Crippen molar-refractivity contribution in [2.45, 2.75) is 12.8 Å². The molecular formula is C19H24N4O4. The van der Waals surface area contributed by atoms with Gasteiger partial charge in [0.1, 0.15) is 5.75 Å². The summed E-state index contributed by atoms with van der Waals surface area (Å²) in [6.45, 7) is 4.64. The molecule has 3 amide bonds. The summed E-state index contributed by atoms with van der Waals surface area (Å²) in [6.07, 6.45) is 2.34. The van der Waals surface area contributed by atoms with Gasteiger partial charge in [-0.2, -0.15) is 0 Å². The van der Waals surface area contributed by atoms with E-state index < -0.39 is 0 Å². The Kier molecular flexibility index (Phi) is 4.98. The van der Waals surface area contributed by atoms with E-state index in [0.29, 0.717) is 49.7 Å². The second-order valence-corrected chi connectivity index (χ2v) is 7.20. The number of amides is 3. The smallest absolute Gasteiger partial charge is 0.262 e. The van der Waals surface area contributed by atoms with Crippen LogP contribution in [0.2, 0.25) is 0 Å². The highest BCUT2D eigenvalue weighted by atomic mass is 16.5. The number of hydrogen-bond donors (Lipinski definition) is 1. The molecule has 3 heterocycles. The number of carbonyl (C=O) groups excluding carboxylic acids is 3. The molecular weight excluding hydrogens is 348 g/mol. The summed E-state index contributed by atoms with van der Waals surface area (Å²) in [4.78, 5) is 42.5. The molecule has 3 aliphatic heterocycles. The van der Waals surface area contributed by atoms with Gasteiger partial charge in [0.15, 0.2) is 6.61 Å². The van der Waals surface area contributed by atoms with Crippen molar-refractivity contribution in [3.8, 4) is 5.75 Å². The molecule has 1 aromatic rings. The minimum absolute atomic E-state index is 0.00624. The zero-order valence-electron chi connectivity index (χ0n) is 15.3. The first-order valence-corrected chi connectivity index (χ1v) is 9.46. The van der Waals surface area contributed by atoms with Gasteiger partial charge >= 0.3 is 0 Å². The Labute approximate surface area is 158 Å². The Hall–Kier alpha value is -2.61. The number of ether oxygens (including phenoxy) is 1. The Bertz CT molecular complexity index is 752. The van der Waals surface area contributed by atoms with Crippen molar-refractivity contribution in [1.29, 1.82) is 0 Å². The van der Waals surface area contributed by atoms with Gasteiger partial charge < -0.3 is 19.9 Å². The minimum Gasteiger partial charge on any atom is -0.482 e. The van der Waals surface area contributed by atoms with Crippen molar-refractivity contribution in [3.63, 3.8) is 0 Å². The maximum absolute atomic E-state index is 12.8. The molecule has 1 aromatic carbocycles. The normalized spacial score (nSPS) is 20.1. The number of hydrogen-bond acceptors (Lipinski definition) is 5. The maximum Gasteiger partial charge on any atom is 0.262 e. The highest BCUT2D eigenvalue weighted by Gasteiger charge is 2.27. The van der Waals surface area contributed by atoms with Crippen LogP contribution in [0.4, 0.5) is 5.69 Å². The second-order valence-electron chi connectivity index (χ2n) is 7.20. The van der Waals surface area contributed by atoms with E-state index in [4.69, 9.17) is 4.74 Å². The van der Waals surface area contributed by atoms with Crippen LogP contribution in [0.3, 0.4) is 0 Å². The number of anilines is 1. The first-order valence-electron chi connectivity index (χ1n) is 9.46. The minimum atomic E-state index is -0.225. The molecule has 2 saturated heterocycles. The molecule has 27 heavy (non-hydrogen) atoms. The summed E-state index contributed by atoms with van der Waals surface area (Å²) < 4.78 is 5.33. The van der Waals surface area contributed by atoms with E-state index in [0.717, 1.165) is 13.1 Å². The number of piperazine rings is 1. The third-order valence-corrected chi connectivity index (χ3v) is 5.34. The second kappa shape index (κ2) is 7.56. The largest absolute Gasteiger partial charge is 0.482 e. The number of rotatable bonds is 3. The highest BCUT2D eigenvalue weighted by Crippen LogP contribution is 2.29. The molecule has 0 spiro atoms. The van der Waals surface area contributed by atoms with E-state index in [1.54, 1.807) is 23.1 Å². The van der Waals surface area contributed by atoms with Crippen LogP contribution in [0.5, 0.6) is 5.75 Å². The molecule has 0 radical (unpaired) electrons. The molecule has 0 atom stereocenters. The van der Waals surface area contributed by atoms with Crippen molar-refractivity contribution in [2.24, 2.45) is 0 Å². The van der Waals surface area contributed by atoms with Crippen LogP contribution in [-0.4, -0.2) is 84.8 Å². The molecule has 1 N–H and O–H groups in total. The molecule has 0 bridgehead atoms. The van der Waals surface area contributed by atoms with Crippen LogP contribution < -0.4 is 10.1 Å². The third kappa shape index (κ3) is 3.90. The van der Waals surface area contributed by atoms with Gasteiger partial charge in [0.2, 0.25) is 5.91 Å². The van der Waals surface area contributed by atoms with Gasteiger partial charge in [-0.15, -0.1) is 0 Å². The van der Waals surface area contributed by atoms with Gasteiger partial charge in [-0.25, -0.2) is 0 Å². The summed E-state index contributed by atoms with van der Waals surface area (Å²) in [5, 5.41) is 2.72. The van der Waals surface area contributed by atoms with E-state index in [2.05, 4.69) is 10.2 Å². The van der Waals surface area contributed by atoms with E-state index in [9.17, 15) is 14.4 Å². The Morgan fingerprint density at radius 1 is 1.00 bits per heavy atom. The number of nitrogens with one attached hydrogen (secondary N) is 1. The first-order chi connectivity index (χ1) is 13.1. The molecule has 0 aliphatic carbocycles. The van der Waals surface area contributed by atoms with Gasteiger partial charge in [0.05, 0.1) is 12.2 Å². The van der Waals surface area contributed by atoms with Crippen molar-refractivity contribution < 1.29 is 19.1 Å². The molecule has 8 heteroatoms. The lowest BCUT2D eigenvalue weighted by Crippen LogP contribution is -2.52. The molecule has 3 aliphatic rings. The van der Waals surface area contributed by atoms with Crippen LogP contribution in [0.1, 0.15) is 23.2 Å². The van der Waals surface area contributed by atoms with Crippen LogP contribution in [0, 0.1) is 0 Å². The fraction of sp³-hybridized carbons (Fsp3) is 0.526. The average molecular weight is 372 g/mol. The van der Waals surface area contributed by atoms with E-state index in [-0.39, 0.29) is 24.3 Å². The van der Waals surface area contributed by atoms with Crippen molar-refractivity contribution in [1.82, 2.24) is 14.7 Å². The number of nitrogens with zero attached hydrogens (tertiary/aromatic N) is 3. The van der Waals surface area contributed by atoms with Crippen LogP contribution in [0.25, 0.3) is 0 Å². The van der Waals surface area contributed by atoms with E-state index in [1.165, 1.54) is 12.8 Å². The summed E-state index contributed by atoms with van der Waals surface area (Å²) in [5.41, 5.74) is 1.04. The van der Waals surface area contributed by atoms with Gasteiger partial charge in [0.25, 0.3) is 11.8 Å². The van der Waals surface area contributed by atoms with E-state index >= 15 is 0 Å². The lowest BCUT2D eigenvalue weighted by Gasteiger charge is -2.35. The maximum atomic E-state index is 12.8. The molecule has 144 valence electrons. The van der Waals surface area contributed by atoms with Crippen molar-refractivity contribution in [3.05, 3.63) is 23.8 Å². The standard InChI is InChI=1S/C19H24N4O4/c24-17-13-27-16-4-3-14(11-15(16)20-17)19(26)23-9-7-22(8-10-23)18(25)12-21-5-1-2-6-21/h3-4,11H,1-2,5-10,12-13H2,(H,20,24). The van der Waals surface area contributed by atoms with Gasteiger partial charge in [-0.1, -0.05) is 0 Å². The summed E-state index contributed by atoms with van der Waals surface area (Å²) in [7, 11) is 0. The monoisotopic (exact) mass is 372 g/mol. The SMILES string of the molecule is O=C1COc2ccc(C(=O)N3CCN(C(=O)CN4CCCC4)CC3)cc2N1. The number of carbonyl (C=O) groups is 3. The first kappa shape index (κ1) is 17.8. The Morgan fingerprint density at radius 3 is 2.44 bits per heavy atom. The highest BCUT2D eigenvalue weighted by molar-refractivity contribution is 6.00. The number of fused-ring (bicyclic) bond motifs is 1. The summed E-state index contributed by atoms with van der Waals surface area (Å²) in [5.74, 6) is 0.405. The lowest BCUT2D eigenvalue weighted by molar-refractivity contribution is -0.133. The Balaban J connectivity index is 1.34. The zero-order chi connectivity index (χ0) is 18.8. The fourth-order valence-corrected chi connectivity index (χ4v) is 3.79. The fourth-order valence-electron chi connectivity index (χ4n) is 3.79. The average Bonchev–Trinajstić information content (AvgIpc) is 3.20. The third-order valence-electron chi connectivity index (χ3n) is 5.34. The summed E-state index contributed by atoms with van der Waals surface area (Å²) in [6, 6.07) is 5.07. The number of likely N-dealkylation sites (tertiary alicyclic amines) is 1. The molecule has 8 nitrogen and oxygen atoms in total. The molecule has 0 unspecified atom stereocenters. The quantitative estimate of drug-likeness (QED) is 0.831. The molecule has 0 saturated carbocycles. The van der Waals surface area contributed by atoms with Crippen molar-refractivity contribution in [2.75, 3.05) is 57.7 Å². The summed E-state index contributed by atoms with van der Waals surface area (Å²) >= 11 is 0. The van der Waals surface area contributed by atoms with Crippen LogP contribution >= 0.6 is 0 Å². The van der Waals surface area contributed by atoms with Gasteiger partial charge in [-0.05, 0) is 44.1 Å². The van der Waals surface area contributed by atoms with Crippen LogP contribution in [-0.2, 0) is 9.59 Å². The predicted octanol–water partition coefficient (Wildman–Crippen LogP) is 0.398. The van der Waals surface area contributed by atoms with Crippen LogP contribution in [0.15, 0.2) is 18.2 Å².